The summed E-state index contributed by atoms with van der Waals surface area (Å²) in [6.07, 6.45) is 1.71. The molecular formula is C8H10ClN3O. The topological polar surface area (TPSA) is 50.9 Å². The molecule has 0 aliphatic heterocycles. The fourth-order valence-electron chi connectivity index (χ4n) is 1.21. The maximum atomic E-state index is 8.91. The summed E-state index contributed by atoms with van der Waals surface area (Å²) in [6.45, 7) is -0.0488. The van der Waals surface area contributed by atoms with Crippen molar-refractivity contribution in [3.8, 4) is 0 Å². The summed E-state index contributed by atoms with van der Waals surface area (Å²) in [5.41, 5.74) is 1.63. The zero-order valence-corrected chi connectivity index (χ0v) is 7.95. The summed E-state index contributed by atoms with van der Waals surface area (Å²) < 4.78 is 1.79. The van der Waals surface area contributed by atoms with Crippen molar-refractivity contribution in [1.29, 1.82) is 0 Å². The zero-order valence-electron chi connectivity index (χ0n) is 7.14. The van der Waals surface area contributed by atoms with Crippen LogP contribution < -0.4 is 0 Å². The van der Waals surface area contributed by atoms with Crippen LogP contribution in [0.1, 0.15) is 5.82 Å². The molecule has 2 aromatic rings. The van der Waals surface area contributed by atoms with Crippen LogP contribution in [0.25, 0.3) is 11.2 Å². The first-order chi connectivity index (χ1) is 5.83. The van der Waals surface area contributed by atoms with Crippen molar-refractivity contribution in [2.75, 3.05) is 0 Å². The van der Waals surface area contributed by atoms with Crippen LogP contribution in [-0.4, -0.2) is 19.6 Å². The molecule has 2 aromatic heterocycles. The Hall–Kier alpha value is -1.13. The minimum absolute atomic E-state index is 0. The van der Waals surface area contributed by atoms with Crippen molar-refractivity contribution < 1.29 is 5.11 Å². The molecule has 0 radical (unpaired) electrons. The predicted molar refractivity (Wildman–Crippen MR) is 51.7 cm³/mol. The van der Waals surface area contributed by atoms with Gasteiger partial charge in [0.05, 0.1) is 0 Å². The summed E-state index contributed by atoms with van der Waals surface area (Å²) in [5.74, 6) is 0.642. The molecule has 0 unspecified atom stereocenters. The van der Waals surface area contributed by atoms with Gasteiger partial charge < -0.3 is 9.67 Å². The van der Waals surface area contributed by atoms with E-state index in [2.05, 4.69) is 9.97 Å². The van der Waals surface area contributed by atoms with Gasteiger partial charge in [0.2, 0.25) is 0 Å². The molecule has 0 aliphatic rings. The smallest absolute Gasteiger partial charge is 0.159 e. The van der Waals surface area contributed by atoms with E-state index in [1.54, 1.807) is 10.8 Å². The number of aryl methyl sites for hydroxylation is 1. The van der Waals surface area contributed by atoms with E-state index < -0.39 is 0 Å². The van der Waals surface area contributed by atoms with Gasteiger partial charge in [-0.15, -0.1) is 12.4 Å². The van der Waals surface area contributed by atoms with E-state index >= 15 is 0 Å². The number of aliphatic hydroxyl groups is 1. The molecular weight excluding hydrogens is 190 g/mol. The Balaban J connectivity index is 0.000000845. The largest absolute Gasteiger partial charge is 0.388 e. The molecule has 2 heterocycles. The van der Waals surface area contributed by atoms with Gasteiger partial charge in [0, 0.05) is 13.2 Å². The Bertz CT molecular complexity index is 413. The highest BCUT2D eigenvalue weighted by Crippen LogP contribution is 2.10. The average Bonchev–Trinajstić information content (AvgIpc) is 2.44. The van der Waals surface area contributed by atoms with E-state index in [1.807, 2.05) is 19.2 Å². The van der Waals surface area contributed by atoms with Crippen molar-refractivity contribution in [2.24, 2.45) is 7.05 Å². The second-order valence-electron chi connectivity index (χ2n) is 2.59. The van der Waals surface area contributed by atoms with Crippen LogP contribution in [0, 0.1) is 0 Å². The van der Waals surface area contributed by atoms with E-state index in [-0.39, 0.29) is 19.0 Å². The Morgan fingerprint density at radius 2 is 2.31 bits per heavy atom. The molecule has 0 spiro atoms. The highest BCUT2D eigenvalue weighted by molar-refractivity contribution is 5.85. The van der Waals surface area contributed by atoms with Crippen LogP contribution in [0.3, 0.4) is 0 Å². The normalized spacial score (nSPS) is 10.0. The number of fused-ring (bicyclic) bond motifs is 1. The number of imidazole rings is 1. The third kappa shape index (κ3) is 1.50. The van der Waals surface area contributed by atoms with Gasteiger partial charge >= 0.3 is 0 Å². The highest BCUT2D eigenvalue weighted by atomic mass is 35.5. The standard InChI is InChI=1S/C8H9N3O.ClH/c1-11-7(5-12)10-6-3-2-4-9-8(6)11;/h2-4,12H,5H2,1H3;1H. The lowest BCUT2D eigenvalue weighted by molar-refractivity contribution is 0.268. The number of aromatic nitrogens is 3. The van der Waals surface area contributed by atoms with Crippen LogP contribution in [0.15, 0.2) is 18.3 Å². The summed E-state index contributed by atoms with van der Waals surface area (Å²) in [5, 5.41) is 8.91. The van der Waals surface area contributed by atoms with Gasteiger partial charge in [-0.05, 0) is 12.1 Å². The third-order valence-corrected chi connectivity index (χ3v) is 1.86. The lowest BCUT2D eigenvalue weighted by Gasteiger charge is -1.95. The second kappa shape index (κ2) is 3.72. The molecule has 0 fully saturated rings. The minimum Gasteiger partial charge on any atom is -0.388 e. The lowest BCUT2D eigenvalue weighted by Crippen LogP contribution is -1.97. The quantitative estimate of drug-likeness (QED) is 0.742. The molecule has 5 heteroatoms. The van der Waals surface area contributed by atoms with Gasteiger partial charge in [-0.3, -0.25) is 0 Å². The Morgan fingerprint density at radius 1 is 1.54 bits per heavy atom. The first kappa shape index (κ1) is 9.95. The van der Waals surface area contributed by atoms with Gasteiger partial charge in [0.25, 0.3) is 0 Å². The minimum atomic E-state index is -0.0488. The molecule has 0 bridgehead atoms. The highest BCUT2D eigenvalue weighted by Gasteiger charge is 2.05. The van der Waals surface area contributed by atoms with E-state index in [1.165, 1.54) is 0 Å². The average molecular weight is 200 g/mol. The summed E-state index contributed by atoms with van der Waals surface area (Å²) in [7, 11) is 1.84. The number of pyridine rings is 1. The van der Waals surface area contributed by atoms with E-state index in [4.69, 9.17) is 5.11 Å². The molecule has 2 rings (SSSR count). The number of aliphatic hydroxyl groups excluding tert-OH is 1. The number of hydrogen-bond acceptors (Lipinski definition) is 3. The molecule has 0 saturated heterocycles. The van der Waals surface area contributed by atoms with E-state index in [0.29, 0.717) is 5.82 Å². The number of hydrogen-bond donors (Lipinski definition) is 1. The number of rotatable bonds is 1. The zero-order chi connectivity index (χ0) is 8.55. The summed E-state index contributed by atoms with van der Waals surface area (Å²) in [4.78, 5) is 8.32. The van der Waals surface area contributed by atoms with E-state index in [0.717, 1.165) is 11.2 Å². The Morgan fingerprint density at radius 3 is 2.92 bits per heavy atom. The van der Waals surface area contributed by atoms with Gasteiger partial charge in [-0.2, -0.15) is 0 Å². The van der Waals surface area contributed by atoms with Crippen molar-refractivity contribution in [3.05, 3.63) is 24.2 Å². The van der Waals surface area contributed by atoms with Crippen LogP contribution in [0.5, 0.6) is 0 Å². The molecule has 0 amide bonds. The maximum Gasteiger partial charge on any atom is 0.159 e. The van der Waals surface area contributed by atoms with Crippen LogP contribution in [0.4, 0.5) is 0 Å². The molecule has 0 saturated carbocycles. The van der Waals surface area contributed by atoms with Gasteiger partial charge in [-0.1, -0.05) is 0 Å². The molecule has 13 heavy (non-hydrogen) atoms. The second-order valence-corrected chi connectivity index (χ2v) is 2.59. The van der Waals surface area contributed by atoms with Crippen molar-refractivity contribution in [1.82, 2.24) is 14.5 Å². The molecule has 0 atom stereocenters. The lowest BCUT2D eigenvalue weighted by atomic mass is 10.4. The Labute approximate surface area is 81.6 Å². The van der Waals surface area contributed by atoms with Gasteiger partial charge in [0.15, 0.2) is 5.65 Å². The molecule has 4 nitrogen and oxygen atoms in total. The van der Waals surface area contributed by atoms with Crippen LogP contribution in [0.2, 0.25) is 0 Å². The SMILES string of the molecule is Cl.Cn1c(CO)nc2cccnc21. The first-order valence-corrected chi connectivity index (χ1v) is 3.70. The third-order valence-electron chi connectivity index (χ3n) is 1.86. The van der Waals surface area contributed by atoms with E-state index in [9.17, 15) is 0 Å². The van der Waals surface area contributed by atoms with Crippen molar-refractivity contribution in [2.45, 2.75) is 6.61 Å². The fourth-order valence-corrected chi connectivity index (χ4v) is 1.21. The number of nitrogens with zero attached hydrogens (tertiary/aromatic N) is 3. The van der Waals surface area contributed by atoms with Crippen molar-refractivity contribution >= 4 is 23.6 Å². The van der Waals surface area contributed by atoms with Crippen molar-refractivity contribution in [3.63, 3.8) is 0 Å². The Kier molecular flexibility index (Phi) is 2.85. The van der Waals surface area contributed by atoms with Crippen LogP contribution in [-0.2, 0) is 13.7 Å². The molecule has 1 N–H and O–H groups in total. The summed E-state index contributed by atoms with van der Waals surface area (Å²) in [6, 6.07) is 3.71. The summed E-state index contributed by atoms with van der Waals surface area (Å²) >= 11 is 0. The number of halogens is 1. The maximum absolute atomic E-state index is 8.91. The van der Waals surface area contributed by atoms with Gasteiger partial charge in [-0.25, -0.2) is 9.97 Å². The van der Waals surface area contributed by atoms with Gasteiger partial charge in [0.1, 0.15) is 17.9 Å². The molecule has 70 valence electrons. The molecule has 0 aromatic carbocycles. The fraction of sp³-hybridized carbons (Fsp3) is 0.250. The van der Waals surface area contributed by atoms with Crippen LogP contribution >= 0.6 is 12.4 Å². The molecule has 0 aliphatic carbocycles. The first-order valence-electron chi connectivity index (χ1n) is 3.70. The predicted octanol–water partition coefficient (Wildman–Crippen LogP) is 0.882. The monoisotopic (exact) mass is 199 g/mol.